The quantitative estimate of drug-likeness (QED) is 0.528. The highest BCUT2D eigenvalue weighted by Gasteiger charge is 2.19. The second-order valence-electron chi connectivity index (χ2n) is 7.14. The van der Waals surface area contributed by atoms with Gasteiger partial charge in [-0.25, -0.2) is 4.98 Å². The molecule has 2 aromatic carbocycles. The minimum absolute atomic E-state index is 0.550. The van der Waals surface area contributed by atoms with Crippen molar-refractivity contribution in [1.82, 2.24) is 15.2 Å². The highest BCUT2D eigenvalue weighted by atomic mass is 35.5. The standard InChI is InChI=1S/C22H23Cl2N3S/c23-19-8-4-7-18(22(19)24)20-13-26-21(28-20)14-25-17-9-11-27(12-10-17)15-16-5-2-1-3-6-16/h1-8,13,17,25H,9-12,14-15H2. The molecule has 146 valence electrons. The molecule has 3 nitrogen and oxygen atoms in total. The van der Waals surface area contributed by atoms with E-state index in [1.165, 1.54) is 18.4 Å². The Kier molecular flexibility index (Phi) is 6.65. The van der Waals surface area contributed by atoms with Gasteiger partial charge in [-0.3, -0.25) is 4.90 Å². The van der Waals surface area contributed by atoms with Crippen molar-refractivity contribution in [2.45, 2.75) is 32.0 Å². The van der Waals surface area contributed by atoms with Gasteiger partial charge in [0.1, 0.15) is 5.01 Å². The molecule has 0 aliphatic carbocycles. The molecule has 1 aliphatic heterocycles. The van der Waals surface area contributed by atoms with E-state index in [4.69, 9.17) is 23.2 Å². The highest BCUT2D eigenvalue weighted by molar-refractivity contribution is 7.15. The van der Waals surface area contributed by atoms with Crippen LogP contribution >= 0.6 is 34.5 Å². The van der Waals surface area contributed by atoms with Crippen LogP contribution in [-0.2, 0) is 13.1 Å². The maximum absolute atomic E-state index is 6.33. The SMILES string of the molecule is Clc1cccc(-c2cnc(CNC3CCN(Cc4ccccc4)CC3)s2)c1Cl. The Labute approximate surface area is 180 Å². The lowest BCUT2D eigenvalue weighted by atomic mass is 10.0. The molecule has 2 heterocycles. The third-order valence-electron chi connectivity index (χ3n) is 5.15. The van der Waals surface area contributed by atoms with Gasteiger partial charge in [0.05, 0.1) is 14.9 Å². The summed E-state index contributed by atoms with van der Waals surface area (Å²) in [6.07, 6.45) is 4.23. The Morgan fingerprint density at radius 3 is 2.61 bits per heavy atom. The number of rotatable bonds is 6. The van der Waals surface area contributed by atoms with Gasteiger partial charge in [0, 0.05) is 30.9 Å². The van der Waals surface area contributed by atoms with Crippen LogP contribution in [-0.4, -0.2) is 29.0 Å². The zero-order valence-electron chi connectivity index (χ0n) is 15.6. The summed E-state index contributed by atoms with van der Waals surface area (Å²) in [5, 5.41) is 5.93. The molecule has 0 spiro atoms. The summed E-state index contributed by atoms with van der Waals surface area (Å²) < 4.78 is 0. The Hall–Kier alpha value is -1.43. The van der Waals surface area contributed by atoms with Gasteiger partial charge in [-0.2, -0.15) is 0 Å². The molecule has 28 heavy (non-hydrogen) atoms. The van der Waals surface area contributed by atoms with Crippen LogP contribution in [0.2, 0.25) is 10.0 Å². The topological polar surface area (TPSA) is 28.2 Å². The van der Waals surface area contributed by atoms with Crippen LogP contribution in [0.3, 0.4) is 0 Å². The number of thiazole rings is 1. The van der Waals surface area contributed by atoms with Crippen molar-refractivity contribution in [3.8, 4) is 10.4 Å². The van der Waals surface area contributed by atoms with E-state index in [1.54, 1.807) is 17.4 Å². The molecule has 6 heteroatoms. The van der Waals surface area contributed by atoms with E-state index >= 15 is 0 Å². The first kappa shape index (κ1) is 19.9. The fourth-order valence-electron chi connectivity index (χ4n) is 3.58. The lowest BCUT2D eigenvalue weighted by molar-refractivity contribution is 0.190. The minimum Gasteiger partial charge on any atom is -0.308 e. The van der Waals surface area contributed by atoms with Crippen molar-refractivity contribution >= 4 is 34.5 Å². The molecule has 1 N–H and O–H groups in total. The Morgan fingerprint density at radius 2 is 1.82 bits per heavy atom. The van der Waals surface area contributed by atoms with Gasteiger partial charge in [0.25, 0.3) is 0 Å². The van der Waals surface area contributed by atoms with Gasteiger partial charge < -0.3 is 5.32 Å². The number of hydrogen-bond acceptors (Lipinski definition) is 4. The average Bonchev–Trinajstić information content (AvgIpc) is 3.19. The molecule has 0 radical (unpaired) electrons. The maximum atomic E-state index is 6.33. The third kappa shape index (κ3) is 4.94. The van der Waals surface area contributed by atoms with E-state index in [-0.39, 0.29) is 0 Å². The molecule has 0 saturated carbocycles. The van der Waals surface area contributed by atoms with Crippen molar-refractivity contribution in [3.05, 3.63) is 75.3 Å². The van der Waals surface area contributed by atoms with Crippen LogP contribution in [0.4, 0.5) is 0 Å². The summed E-state index contributed by atoms with van der Waals surface area (Å²) in [5.74, 6) is 0. The number of likely N-dealkylation sites (tertiary alicyclic amines) is 1. The summed E-state index contributed by atoms with van der Waals surface area (Å²) in [4.78, 5) is 8.16. The van der Waals surface area contributed by atoms with Gasteiger partial charge in [0.15, 0.2) is 0 Å². The molecule has 0 atom stereocenters. The zero-order chi connectivity index (χ0) is 19.3. The first-order valence-electron chi connectivity index (χ1n) is 9.58. The zero-order valence-corrected chi connectivity index (χ0v) is 17.9. The molecule has 3 aromatic rings. The summed E-state index contributed by atoms with van der Waals surface area (Å²) in [6.45, 7) is 4.11. The fourth-order valence-corrected chi connectivity index (χ4v) is 4.94. The van der Waals surface area contributed by atoms with E-state index in [9.17, 15) is 0 Å². The molecule has 0 amide bonds. The summed E-state index contributed by atoms with van der Waals surface area (Å²) in [7, 11) is 0. The Bertz CT molecular complexity index is 905. The normalized spacial score (nSPS) is 15.8. The summed E-state index contributed by atoms with van der Waals surface area (Å²) in [5.41, 5.74) is 2.34. The maximum Gasteiger partial charge on any atom is 0.107 e. The van der Waals surface area contributed by atoms with Crippen LogP contribution < -0.4 is 5.32 Å². The monoisotopic (exact) mass is 431 g/mol. The highest BCUT2D eigenvalue weighted by Crippen LogP contribution is 2.36. The number of nitrogens with zero attached hydrogens (tertiary/aromatic N) is 2. The predicted molar refractivity (Wildman–Crippen MR) is 119 cm³/mol. The average molecular weight is 432 g/mol. The van der Waals surface area contributed by atoms with Crippen LogP contribution in [0.5, 0.6) is 0 Å². The lowest BCUT2D eigenvalue weighted by Gasteiger charge is -2.32. The number of piperidine rings is 1. The van der Waals surface area contributed by atoms with Crippen molar-refractivity contribution in [2.24, 2.45) is 0 Å². The van der Waals surface area contributed by atoms with Gasteiger partial charge in [-0.1, -0.05) is 65.7 Å². The number of nitrogens with one attached hydrogen (secondary N) is 1. The predicted octanol–water partition coefficient (Wildman–Crippen LogP) is 5.87. The summed E-state index contributed by atoms with van der Waals surface area (Å²) >= 11 is 14.1. The van der Waals surface area contributed by atoms with E-state index in [0.717, 1.165) is 41.6 Å². The number of hydrogen-bond donors (Lipinski definition) is 1. The lowest BCUT2D eigenvalue weighted by Crippen LogP contribution is -2.41. The molecular formula is C22H23Cl2N3S. The molecule has 0 unspecified atom stereocenters. The van der Waals surface area contributed by atoms with Gasteiger partial charge in [0.2, 0.25) is 0 Å². The van der Waals surface area contributed by atoms with Crippen LogP contribution in [0.25, 0.3) is 10.4 Å². The molecular weight excluding hydrogens is 409 g/mol. The van der Waals surface area contributed by atoms with Crippen molar-refractivity contribution in [1.29, 1.82) is 0 Å². The number of aromatic nitrogens is 1. The van der Waals surface area contributed by atoms with Gasteiger partial charge in [-0.05, 0) is 37.6 Å². The second kappa shape index (κ2) is 9.38. The third-order valence-corrected chi connectivity index (χ3v) is 7.00. The van der Waals surface area contributed by atoms with Crippen LogP contribution in [0, 0.1) is 0 Å². The number of halogens is 2. The van der Waals surface area contributed by atoms with E-state index < -0.39 is 0 Å². The van der Waals surface area contributed by atoms with E-state index in [2.05, 4.69) is 45.5 Å². The van der Waals surface area contributed by atoms with Crippen molar-refractivity contribution in [2.75, 3.05) is 13.1 Å². The Balaban J connectivity index is 1.27. The first-order valence-corrected chi connectivity index (χ1v) is 11.1. The molecule has 4 rings (SSSR count). The van der Waals surface area contributed by atoms with E-state index in [1.807, 2.05) is 18.3 Å². The number of benzene rings is 2. The van der Waals surface area contributed by atoms with E-state index in [0.29, 0.717) is 16.1 Å². The molecule has 1 saturated heterocycles. The minimum atomic E-state index is 0.550. The molecule has 1 fully saturated rings. The fraction of sp³-hybridized carbons (Fsp3) is 0.318. The van der Waals surface area contributed by atoms with Crippen LogP contribution in [0.1, 0.15) is 23.4 Å². The van der Waals surface area contributed by atoms with Crippen molar-refractivity contribution in [3.63, 3.8) is 0 Å². The van der Waals surface area contributed by atoms with Gasteiger partial charge in [-0.15, -0.1) is 11.3 Å². The van der Waals surface area contributed by atoms with Gasteiger partial charge >= 0.3 is 0 Å². The first-order chi connectivity index (χ1) is 13.7. The molecule has 0 bridgehead atoms. The largest absolute Gasteiger partial charge is 0.308 e. The molecule has 1 aromatic heterocycles. The van der Waals surface area contributed by atoms with Crippen LogP contribution in [0.15, 0.2) is 54.7 Å². The smallest absolute Gasteiger partial charge is 0.107 e. The summed E-state index contributed by atoms with van der Waals surface area (Å²) in [6, 6.07) is 17.0. The second-order valence-corrected chi connectivity index (χ2v) is 9.04. The Morgan fingerprint density at radius 1 is 1.04 bits per heavy atom. The molecule has 1 aliphatic rings. The van der Waals surface area contributed by atoms with Crippen molar-refractivity contribution < 1.29 is 0 Å².